The van der Waals surface area contributed by atoms with Crippen molar-refractivity contribution in [2.45, 2.75) is 352 Å². The molecule has 0 aromatic rings. The van der Waals surface area contributed by atoms with Gasteiger partial charge in [-0.15, -0.1) is 0 Å². The molecule has 0 bridgehead atoms. The van der Waals surface area contributed by atoms with Gasteiger partial charge in [0.25, 0.3) is 0 Å². The molecule has 1 aliphatic rings. The van der Waals surface area contributed by atoms with E-state index in [0.29, 0.717) is 12.8 Å². The molecule has 0 radical (unpaired) electrons. The molecular formula is C66H123NO8. The average molecular weight is 1060 g/mol. The van der Waals surface area contributed by atoms with E-state index in [9.17, 15) is 30.3 Å². The molecular weight excluding hydrogens is 935 g/mol. The third kappa shape index (κ3) is 44.7. The minimum atomic E-state index is -1.56. The number of aliphatic hydroxyl groups is 5. The van der Waals surface area contributed by atoms with Crippen molar-refractivity contribution in [2.24, 2.45) is 0 Å². The SMILES string of the molecule is CC/C=C\C/C=C\C/C=C\C/C=C\CCCCCCCCCCC(=O)NC(COC1OC(CO)C(O)C(O)C1O)C(O)CCCCCCCCCCCCCCCCCCCCCCCCCCCCCCCCC. The number of ether oxygens (including phenoxy) is 2. The maximum absolute atomic E-state index is 13.1. The molecule has 9 heteroatoms. The molecule has 1 rings (SSSR count). The van der Waals surface area contributed by atoms with E-state index >= 15 is 0 Å². The number of nitrogens with one attached hydrogen (secondary N) is 1. The van der Waals surface area contributed by atoms with Crippen LogP contribution in [-0.2, 0) is 14.3 Å². The monoisotopic (exact) mass is 1060 g/mol. The molecule has 75 heavy (non-hydrogen) atoms. The van der Waals surface area contributed by atoms with E-state index < -0.39 is 49.5 Å². The Labute approximate surface area is 463 Å². The lowest BCUT2D eigenvalue weighted by Crippen LogP contribution is -2.60. The zero-order valence-corrected chi connectivity index (χ0v) is 49.1. The first-order valence-electron chi connectivity index (χ1n) is 32.3. The van der Waals surface area contributed by atoms with Crippen LogP contribution in [-0.4, -0.2) is 87.5 Å². The molecule has 7 atom stereocenters. The first kappa shape index (κ1) is 71.2. The van der Waals surface area contributed by atoms with E-state index in [-0.39, 0.29) is 12.5 Å². The van der Waals surface area contributed by atoms with E-state index in [4.69, 9.17) is 9.47 Å². The maximum atomic E-state index is 13.1. The number of hydrogen-bond donors (Lipinski definition) is 6. The summed E-state index contributed by atoms with van der Waals surface area (Å²) >= 11 is 0. The molecule has 1 aliphatic heterocycles. The van der Waals surface area contributed by atoms with Crippen LogP contribution in [0.25, 0.3) is 0 Å². The third-order valence-electron chi connectivity index (χ3n) is 15.4. The highest BCUT2D eigenvalue weighted by Gasteiger charge is 2.44. The minimum absolute atomic E-state index is 0.141. The Hall–Kier alpha value is -1.85. The van der Waals surface area contributed by atoms with E-state index in [1.165, 1.54) is 212 Å². The normalized spacial score (nSPS) is 19.2. The van der Waals surface area contributed by atoms with E-state index in [2.05, 4.69) is 67.8 Å². The fourth-order valence-corrected chi connectivity index (χ4v) is 10.4. The standard InChI is InChI=1S/C66H123NO8/c1-3-5-7-9-11-13-15-17-19-21-23-25-26-27-28-29-30-31-32-33-34-36-37-39-41-43-45-47-49-51-53-55-60(69)59(58-74-66-65(73)64(72)63(71)61(57-68)75-66)67-62(70)56-54-52-50-48-46-44-42-40-38-35-24-22-20-18-16-14-12-10-8-6-4-2/h6,8,12,14,18,20,24,35,59-61,63-66,68-69,71-73H,3-5,7,9-11,13,15-17,19,21-23,25-34,36-58H2,1-2H3,(H,67,70)/b8-6-,14-12-,20-18-,35-24-. The smallest absolute Gasteiger partial charge is 0.220 e. The Bertz CT molecular complexity index is 1320. The lowest BCUT2D eigenvalue weighted by atomic mass is 9.99. The quantitative estimate of drug-likeness (QED) is 0.0261. The number of hydrogen-bond acceptors (Lipinski definition) is 8. The predicted octanol–water partition coefficient (Wildman–Crippen LogP) is 16.9. The Balaban J connectivity index is 2.13. The molecule has 440 valence electrons. The fraction of sp³-hybridized carbons (Fsp3) is 0.864. The topological polar surface area (TPSA) is 149 Å². The number of aliphatic hydroxyl groups excluding tert-OH is 5. The number of carbonyl (C=O) groups is 1. The number of allylic oxidation sites excluding steroid dienone is 8. The second kappa shape index (κ2) is 55.5. The molecule has 1 saturated heterocycles. The van der Waals surface area contributed by atoms with Gasteiger partial charge < -0.3 is 40.3 Å². The molecule has 0 aromatic carbocycles. The van der Waals surface area contributed by atoms with Crippen LogP contribution in [0.1, 0.15) is 309 Å². The predicted molar refractivity (Wildman–Crippen MR) is 318 cm³/mol. The fourth-order valence-electron chi connectivity index (χ4n) is 10.4. The Morgan fingerprint density at radius 2 is 0.827 bits per heavy atom. The zero-order valence-electron chi connectivity index (χ0n) is 49.1. The summed E-state index contributed by atoms with van der Waals surface area (Å²) in [7, 11) is 0. The third-order valence-corrected chi connectivity index (χ3v) is 15.4. The van der Waals surface area contributed by atoms with Crippen molar-refractivity contribution in [1.29, 1.82) is 0 Å². The van der Waals surface area contributed by atoms with Gasteiger partial charge in [0.05, 0.1) is 25.4 Å². The molecule has 0 saturated carbocycles. The minimum Gasteiger partial charge on any atom is -0.394 e. The van der Waals surface area contributed by atoms with Crippen LogP contribution >= 0.6 is 0 Å². The van der Waals surface area contributed by atoms with Gasteiger partial charge in [-0.1, -0.05) is 300 Å². The van der Waals surface area contributed by atoms with Gasteiger partial charge in [-0.3, -0.25) is 4.79 Å². The molecule has 1 heterocycles. The highest BCUT2D eigenvalue weighted by molar-refractivity contribution is 5.76. The van der Waals surface area contributed by atoms with Crippen molar-refractivity contribution >= 4 is 5.91 Å². The summed E-state index contributed by atoms with van der Waals surface area (Å²) in [6, 6.07) is -0.727. The van der Waals surface area contributed by atoms with E-state index in [1.807, 2.05) is 0 Å². The first-order chi connectivity index (χ1) is 36.8. The van der Waals surface area contributed by atoms with Crippen LogP contribution in [0.3, 0.4) is 0 Å². The highest BCUT2D eigenvalue weighted by Crippen LogP contribution is 2.23. The summed E-state index contributed by atoms with van der Waals surface area (Å²) in [6.45, 7) is 3.76. The summed E-state index contributed by atoms with van der Waals surface area (Å²) in [5.74, 6) is -0.150. The van der Waals surface area contributed by atoms with Crippen molar-refractivity contribution in [3.63, 3.8) is 0 Å². The van der Waals surface area contributed by atoms with Crippen molar-refractivity contribution in [3.8, 4) is 0 Å². The molecule has 9 nitrogen and oxygen atoms in total. The lowest BCUT2D eigenvalue weighted by Gasteiger charge is -2.40. The van der Waals surface area contributed by atoms with Crippen LogP contribution in [0.5, 0.6) is 0 Å². The summed E-state index contributed by atoms with van der Waals surface area (Å²) in [5.41, 5.74) is 0. The van der Waals surface area contributed by atoms with Gasteiger partial charge in [-0.2, -0.15) is 0 Å². The molecule has 7 unspecified atom stereocenters. The van der Waals surface area contributed by atoms with Crippen LogP contribution in [0, 0.1) is 0 Å². The maximum Gasteiger partial charge on any atom is 0.220 e. The van der Waals surface area contributed by atoms with Gasteiger partial charge in [0.15, 0.2) is 6.29 Å². The van der Waals surface area contributed by atoms with Crippen molar-refractivity contribution in [1.82, 2.24) is 5.32 Å². The summed E-state index contributed by atoms with van der Waals surface area (Å²) in [5, 5.41) is 54.8. The molecule has 6 N–H and O–H groups in total. The molecule has 0 aliphatic carbocycles. The summed E-state index contributed by atoms with van der Waals surface area (Å²) in [6.07, 6.45) is 67.3. The molecule has 1 amide bonds. The number of amides is 1. The number of carbonyl (C=O) groups excluding carboxylic acids is 1. The molecule has 0 aromatic heterocycles. The van der Waals surface area contributed by atoms with Crippen LogP contribution in [0.15, 0.2) is 48.6 Å². The molecule has 1 fully saturated rings. The van der Waals surface area contributed by atoms with Gasteiger partial charge in [-0.05, 0) is 51.4 Å². The number of unbranched alkanes of at least 4 members (excludes halogenated alkanes) is 38. The highest BCUT2D eigenvalue weighted by atomic mass is 16.7. The van der Waals surface area contributed by atoms with Crippen molar-refractivity contribution in [3.05, 3.63) is 48.6 Å². The summed E-state index contributed by atoms with van der Waals surface area (Å²) < 4.78 is 11.3. The largest absolute Gasteiger partial charge is 0.394 e. The Morgan fingerprint density at radius 3 is 1.23 bits per heavy atom. The second-order valence-corrected chi connectivity index (χ2v) is 22.5. The second-order valence-electron chi connectivity index (χ2n) is 22.5. The van der Waals surface area contributed by atoms with Crippen molar-refractivity contribution in [2.75, 3.05) is 13.2 Å². The van der Waals surface area contributed by atoms with Gasteiger partial charge in [0.2, 0.25) is 5.91 Å². The lowest BCUT2D eigenvalue weighted by molar-refractivity contribution is -0.302. The molecule has 0 spiro atoms. The van der Waals surface area contributed by atoms with Gasteiger partial charge in [-0.25, -0.2) is 0 Å². The van der Waals surface area contributed by atoms with Crippen LogP contribution in [0.2, 0.25) is 0 Å². The first-order valence-corrected chi connectivity index (χ1v) is 32.3. The van der Waals surface area contributed by atoms with Crippen molar-refractivity contribution < 1.29 is 39.8 Å². The summed E-state index contributed by atoms with van der Waals surface area (Å²) in [4.78, 5) is 13.1. The van der Waals surface area contributed by atoms with Crippen LogP contribution < -0.4 is 5.32 Å². The number of rotatable bonds is 56. The Kier molecular flexibility index (Phi) is 52.6. The van der Waals surface area contributed by atoms with Crippen LogP contribution in [0.4, 0.5) is 0 Å². The van der Waals surface area contributed by atoms with Gasteiger partial charge in [0.1, 0.15) is 24.4 Å². The van der Waals surface area contributed by atoms with Gasteiger partial charge in [0, 0.05) is 6.42 Å². The zero-order chi connectivity index (χ0) is 54.3. The Morgan fingerprint density at radius 1 is 0.467 bits per heavy atom. The average Bonchev–Trinajstić information content (AvgIpc) is 3.41. The van der Waals surface area contributed by atoms with E-state index in [0.717, 1.165) is 70.6 Å². The van der Waals surface area contributed by atoms with Gasteiger partial charge >= 0.3 is 0 Å². The van der Waals surface area contributed by atoms with E-state index in [1.54, 1.807) is 0 Å².